The number of halogens is 1. The second-order valence-corrected chi connectivity index (χ2v) is 6.27. The number of amides is 1. The van der Waals surface area contributed by atoms with Crippen LogP contribution in [0.1, 0.15) is 34.1 Å². The van der Waals surface area contributed by atoms with Gasteiger partial charge in [0.1, 0.15) is 5.60 Å². The van der Waals surface area contributed by atoms with E-state index in [1.807, 2.05) is 38.5 Å². The van der Waals surface area contributed by atoms with Gasteiger partial charge in [0.2, 0.25) is 0 Å². The highest BCUT2D eigenvalue weighted by Crippen LogP contribution is 2.06. The molecule has 3 N–H and O–H groups in total. The molecule has 0 radical (unpaired) electrons. The number of aliphatic imine (C=N–C) groups is 1. The fourth-order valence-corrected chi connectivity index (χ4v) is 1.84. The SMILES string of the molecule is CCNC(=NCCCNC(=O)OC(C)(C)C)NCCn1ccnc1.I. The van der Waals surface area contributed by atoms with Crippen molar-refractivity contribution in [2.24, 2.45) is 4.99 Å². The Balaban J connectivity index is 0.00000576. The van der Waals surface area contributed by atoms with Gasteiger partial charge in [-0.3, -0.25) is 4.99 Å². The number of imidazole rings is 1. The van der Waals surface area contributed by atoms with Gasteiger partial charge in [0.25, 0.3) is 0 Å². The summed E-state index contributed by atoms with van der Waals surface area (Å²) >= 11 is 0. The van der Waals surface area contributed by atoms with Crippen LogP contribution in [-0.2, 0) is 11.3 Å². The van der Waals surface area contributed by atoms with Crippen molar-refractivity contribution in [1.82, 2.24) is 25.5 Å². The van der Waals surface area contributed by atoms with Crippen molar-refractivity contribution in [2.45, 2.75) is 46.3 Å². The number of carbonyl (C=O) groups is 1. The minimum atomic E-state index is -0.473. The standard InChI is InChI=1S/C16H30N6O2.HI/c1-5-18-14(20-10-12-22-11-9-17-13-22)19-7-6-8-21-15(23)24-16(2,3)4;/h9,11,13H,5-8,10,12H2,1-4H3,(H,21,23)(H2,18,19,20);1H. The number of rotatable bonds is 8. The van der Waals surface area contributed by atoms with E-state index in [-0.39, 0.29) is 24.0 Å². The Hall–Kier alpha value is -1.52. The summed E-state index contributed by atoms with van der Waals surface area (Å²) in [5.74, 6) is 0.773. The number of alkyl carbamates (subject to hydrolysis) is 1. The van der Waals surface area contributed by atoms with Gasteiger partial charge >= 0.3 is 6.09 Å². The summed E-state index contributed by atoms with van der Waals surface area (Å²) in [5.41, 5.74) is -0.473. The first-order chi connectivity index (χ1) is 11.4. The molecule has 1 rings (SSSR count). The third-order valence-electron chi connectivity index (χ3n) is 2.84. The Morgan fingerprint density at radius 1 is 1.24 bits per heavy atom. The van der Waals surface area contributed by atoms with Gasteiger partial charge in [-0.2, -0.15) is 0 Å². The van der Waals surface area contributed by atoms with Crippen molar-refractivity contribution >= 4 is 36.0 Å². The Morgan fingerprint density at radius 3 is 2.60 bits per heavy atom. The number of hydrogen-bond acceptors (Lipinski definition) is 4. The van der Waals surface area contributed by atoms with Crippen molar-refractivity contribution in [3.63, 3.8) is 0 Å². The maximum atomic E-state index is 11.5. The van der Waals surface area contributed by atoms with Crippen LogP contribution < -0.4 is 16.0 Å². The summed E-state index contributed by atoms with van der Waals surface area (Å²) < 4.78 is 7.18. The predicted molar refractivity (Wildman–Crippen MR) is 110 cm³/mol. The Kier molecular flexibility index (Phi) is 12.0. The predicted octanol–water partition coefficient (Wildman–Crippen LogP) is 1.97. The van der Waals surface area contributed by atoms with E-state index in [1.54, 1.807) is 12.5 Å². The summed E-state index contributed by atoms with van der Waals surface area (Å²) in [4.78, 5) is 20.0. The summed E-state index contributed by atoms with van der Waals surface area (Å²) in [5, 5.41) is 9.19. The topological polar surface area (TPSA) is 92.6 Å². The zero-order valence-electron chi connectivity index (χ0n) is 15.5. The molecule has 0 atom stereocenters. The number of nitrogens with zero attached hydrogens (tertiary/aromatic N) is 3. The molecule has 1 amide bonds. The molecule has 8 nitrogen and oxygen atoms in total. The molecule has 25 heavy (non-hydrogen) atoms. The Labute approximate surface area is 167 Å². The van der Waals surface area contributed by atoms with E-state index in [1.165, 1.54) is 0 Å². The van der Waals surface area contributed by atoms with Gasteiger partial charge in [0.15, 0.2) is 5.96 Å². The molecule has 0 aliphatic carbocycles. The van der Waals surface area contributed by atoms with Crippen LogP contribution in [-0.4, -0.2) is 53.4 Å². The molecular formula is C16H31IN6O2. The average Bonchev–Trinajstić information content (AvgIpc) is 2.98. The van der Waals surface area contributed by atoms with Gasteiger partial charge in [-0.1, -0.05) is 0 Å². The van der Waals surface area contributed by atoms with Gasteiger partial charge in [-0.25, -0.2) is 9.78 Å². The second kappa shape index (κ2) is 12.8. The second-order valence-electron chi connectivity index (χ2n) is 6.27. The van der Waals surface area contributed by atoms with Crippen LogP contribution in [0, 0.1) is 0 Å². The molecule has 0 saturated carbocycles. The highest BCUT2D eigenvalue weighted by atomic mass is 127. The minimum Gasteiger partial charge on any atom is -0.444 e. The van der Waals surface area contributed by atoms with Crippen LogP contribution in [0.5, 0.6) is 0 Å². The molecule has 0 saturated heterocycles. The molecule has 1 heterocycles. The molecule has 0 aromatic carbocycles. The first-order valence-corrected chi connectivity index (χ1v) is 8.35. The largest absolute Gasteiger partial charge is 0.444 e. The van der Waals surface area contributed by atoms with Crippen molar-refractivity contribution in [3.05, 3.63) is 18.7 Å². The molecular weight excluding hydrogens is 435 g/mol. The number of ether oxygens (including phenoxy) is 1. The van der Waals surface area contributed by atoms with E-state index >= 15 is 0 Å². The van der Waals surface area contributed by atoms with Gasteiger partial charge in [-0.05, 0) is 34.1 Å². The van der Waals surface area contributed by atoms with Crippen LogP contribution in [0.4, 0.5) is 4.79 Å². The Bertz CT molecular complexity index is 499. The average molecular weight is 466 g/mol. The van der Waals surface area contributed by atoms with Crippen LogP contribution in [0.25, 0.3) is 0 Å². The quantitative estimate of drug-likeness (QED) is 0.236. The van der Waals surface area contributed by atoms with E-state index in [0.717, 1.165) is 32.0 Å². The van der Waals surface area contributed by atoms with Crippen LogP contribution in [0.3, 0.4) is 0 Å². The summed E-state index contributed by atoms with van der Waals surface area (Å²) in [6, 6.07) is 0. The molecule has 9 heteroatoms. The van der Waals surface area contributed by atoms with Gasteiger partial charge < -0.3 is 25.3 Å². The first-order valence-electron chi connectivity index (χ1n) is 8.35. The molecule has 0 aliphatic rings. The number of guanidine groups is 1. The summed E-state index contributed by atoms with van der Waals surface area (Å²) in [6.07, 6.45) is 5.83. The first kappa shape index (κ1) is 23.5. The lowest BCUT2D eigenvalue weighted by Crippen LogP contribution is -2.39. The van der Waals surface area contributed by atoms with Crippen molar-refractivity contribution in [1.29, 1.82) is 0 Å². The van der Waals surface area contributed by atoms with Gasteiger partial charge in [-0.15, -0.1) is 24.0 Å². The van der Waals surface area contributed by atoms with E-state index in [0.29, 0.717) is 13.1 Å². The minimum absolute atomic E-state index is 0. The van der Waals surface area contributed by atoms with Crippen molar-refractivity contribution in [3.8, 4) is 0 Å². The van der Waals surface area contributed by atoms with E-state index in [9.17, 15) is 4.79 Å². The summed E-state index contributed by atoms with van der Waals surface area (Å²) in [6.45, 7) is 11.1. The monoisotopic (exact) mass is 466 g/mol. The molecule has 0 unspecified atom stereocenters. The zero-order valence-corrected chi connectivity index (χ0v) is 17.9. The molecule has 144 valence electrons. The number of carbonyl (C=O) groups excluding carboxylic acids is 1. The third kappa shape index (κ3) is 12.5. The van der Waals surface area contributed by atoms with Crippen molar-refractivity contribution < 1.29 is 9.53 Å². The van der Waals surface area contributed by atoms with E-state index in [2.05, 4.69) is 25.9 Å². The highest BCUT2D eigenvalue weighted by Gasteiger charge is 2.15. The lowest BCUT2D eigenvalue weighted by atomic mass is 10.2. The van der Waals surface area contributed by atoms with Crippen molar-refractivity contribution in [2.75, 3.05) is 26.2 Å². The number of hydrogen-bond donors (Lipinski definition) is 3. The zero-order chi connectivity index (χ0) is 17.8. The maximum absolute atomic E-state index is 11.5. The number of nitrogens with one attached hydrogen (secondary N) is 3. The molecule has 0 bridgehead atoms. The van der Waals surface area contributed by atoms with Crippen LogP contribution in [0.2, 0.25) is 0 Å². The lowest BCUT2D eigenvalue weighted by molar-refractivity contribution is 0.0527. The maximum Gasteiger partial charge on any atom is 0.407 e. The fraction of sp³-hybridized carbons (Fsp3) is 0.688. The van der Waals surface area contributed by atoms with E-state index < -0.39 is 11.7 Å². The highest BCUT2D eigenvalue weighted by molar-refractivity contribution is 14.0. The smallest absolute Gasteiger partial charge is 0.407 e. The molecule has 0 fully saturated rings. The third-order valence-corrected chi connectivity index (χ3v) is 2.84. The molecule has 0 spiro atoms. The molecule has 1 aromatic rings. The van der Waals surface area contributed by atoms with Gasteiger partial charge in [0.05, 0.1) is 6.33 Å². The normalized spacial score (nSPS) is 11.4. The van der Waals surface area contributed by atoms with Crippen LogP contribution >= 0.6 is 24.0 Å². The van der Waals surface area contributed by atoms with Gasteiger partial charge in [0, 0.05) is 45.1 Å². The Morgan fingerprint density at radius 2 is 2.00 bits per heavy atom. The fourth-order valence-electron chi connectivity index (χ4n) is 1.84. The molecule has 0 aliphatic heterocycles. The molecule has 1 aromatic heterocycles. The number of aromatic nitrogens is 2. The van der Waals surface area contributed by atoms with E-state index in [4.69, 9.17) is 4.74 Å². The summed E-state index contributed by atoms with van der Waals surface area (Å²) in [7, 11) is 0. The lowest BCUT2D eigenvalue weighted by Gasteiger charge is -2.19. The van der Waals surface area contributed by atoms with Crippen LogP contribution in [0.15, 0.2) is 23.7 Å².